The molecule has 1 fully saturated rings. The molecule has 7 atom stereocenters. The molecule has 3 aromatic rings. The third-order valence-electron chi connectivity index (χ3n) is 11.7. The average molecular weight is 991 g/mol. The van der Waals surface area contributed by atoms with Gasteiger partial charge in [-0.25, -0.2) is 0 Å². The summed E-state index contributed by atoms with van der Waals surface area (Å²) in [5, 5.41) is 37.2. The molecule has 1 aliphatic heterocycles. The van der Waals surface area contributed by atoms with E-state index in [1.807, 2.05) is 38.1 Å². The maximum atomic E-state index is 14.4. The Bertz CT molecular complexity index is 2310. The summed E-state index contributed by atoms with van der Waals surface area (Å²) in [5.41, 5.74) is 18.6. The molecular formula is C49H74N12O10. The van der Waals surface area contributed by atoms with E-state index in [1.165, 1.54) is 29.2 Å². The number of ether oxygens (including phenoxy) is 1. The summed E-state index contributed by atoms with van der Waals surface area (Å²) in [5.74, 6) is -5.20. The molecule has 0 saturated carbocycles. The monoisotopic (exact) mass is 991 g/mol. The number of likely N-dealkylation sites (tertiary alicyclic amines) is 1. The number of benzene rings is 2. The highest BCUT2D eigenvalue weighted by molar-refractivity contribution is 5.98. The first-order chi connectivity index (χ1) is 33.6. The lowest BCUT2D eigenvalue weighted by Gasteiger charge is -2.31. The van der Waals surface area contributed by atoms with Crippen molar-refractivity contribution in [1.82, 2.24) is 41.8 Å². The zero-order valence-electron chi connectivity index (χ0n) is 41.6. The van der Waals surface area contributed by atoms with Crippen LogP contribution in [0.4, 0.5) is 0 Å². The summed E-state index contributed by atoms with van der Waals surface area (Å²) < 4.78 is 5.99. The lowest BCUT2D eigenvalue weighted by atomic mass is 10.0. The quantitative estimate of drug-likeness (QED) is 0.0273. The molecule has 390 valence electrons. The van der Waals surface area contributed by atoms with Crippen LogP contribution >= 0.6 is 0 Å². The van der Waals surface area contributed by atoms with Crippen LogP contribution < -0.4 is 49.1 Å². The second-order valence-corrected chi connectivity index (χ2v) is 19.1. The number of rotatable bonds is 26. The second-order valence-electron chi connectivity index (χ2n) is 19.1. The Kier molecular flexibility index (Phi) is 21.6. The number of aliphatic imine (C=N–C) groups is 1. The first-order valence-corrected chi connectivity index (χ1v) is 24.1. The number of nitrogens with zero attached hydrogens (tertiary/aromatic N) is 2. The van der Waals surface area contributed by atoms with Gasteiger partial charge < -0.3 is 73.9 Å². The first kappa shape index (κ1) is 56.8. The van der Waals surface area contributed by atoms with Gasteiger partial charge in [0.2, 0.25) is 41.4 Å². The number of aliphatic hydroxyl groups excluding tert-OH is 1. The molecule has 1 aromatic heterocycles. The number of nitrogens with one attached hydrogen (secondary N) is 7. The number of carbonyl (C=O) groups excluding carboxylic acids is 7. The Morgan fingerprint density at radius 1 is 0.831 bits per heavy atom. The van der Waals surface area contributed by atoms with Crippen molar-refractivity contribution < 1.29 is 48.5 Å². The number of aromatic amines is 1. The minimum absolute atomic E-state index is 0.0527. The molecule has 2 aromatic carbocycles. The van der Waals surface area contributed by atoms with Gasteiger partial charge in [-0.3, -0.25) is 38.6 Å². The summed E-state index contributed by atoms with van der Waals surface area (Å²) in [4.78, 5) is 106. The number of hydrogen-bond acceptors (Lipinski definition) is 12. The minimum Gasteiger partial charge on any atom is -0.508 e. The molecule has 71 heavy (non-hydrogen) atoms. The number of aromatic nitrogens is 1. The van der Waals surface area contributed by atoms with Crippen molar-refractivity contribution >= 4 is 58.2 Å². The van der Waals surface area contributed by atoms with Gasteiger partial charge in [0.25, 0.3) is 0 Å². The zero-order valence-corrected chi connectivity index (χ0v) is 41.6. The Balaban J connectivity index is 1.56. The summed E-state index contributed by atoms with van der Waals surface area (Å²) in [6.45, 7) is 10.3. The molecule has 0 bridgehead atoms. The van der Waals surface area contributed by atoms with Crippen LogP contribution in [0.25, 0.3) is 10.9 Å². The average Bonchev–Trinajstić information content (AvgIpc) is 3.98. The smallest absolute Gasteiger partial charge is 0.245 e. The van der Waals surface area contributed by atoms with Gasteiger partial charge in [-0.1, -0.05) is 44.2 Å². The van der Waals surface area contributed by atoms with Crippen molar-refractivity contribution in [2.75, 3.05) is 32.8 Å². The van der Waals surface area contributed by atoms with E-state index in [0.29, 0.717) is 37.9 Å². The molecule has 15 N–H and O–H groups in total. The zero-order chi connectivity index (χ0) is 52.4. The molecule has 0 unspecified atom stereocenters. The van der Waals surface area contributed by atoms with Gasteiger partial charge >= 0.3 is 0 Å². The number of phenolic OH excluding ortho intramolecular Hbond substituents is 1. The number of H-pyrrole nitrogens is 1. The number of likely N-dealkylation sites (N-methyl/N-ethyl adjacent to an activating group) is 1. The fourth-order valence-corrected chi connectivity index (χ4v) is 8.04. The lowest BCUT2D eigenvalue weighted by Crippen LogP contribution is -2.61. The topological polar surface area (TPSA) is 351 Å². The molecule has 0 spiro atoms. The van der Waals surface area contributed by atoms with Crippen molar-refractivity contribution in [2.24, 2.45) is 28.1 Å². The van der Waals surface area contributed by atoms with Gasteiger partial charge in [-0.2, -0.15) is 0 Å². The fourth-order valence-electron chi connectivity index (χ4n) is 8.04. The number of fused-ring (bicyclic) bond motifs is 1. The maximum Gasteiger partial charge on any atom is 0.245 e. The molecule has 22 heteroatoms. The maximum absolute atomic E-state index is 14.4. The molecule has 0 radical (unpaired) electrons. The van der Waals surface area contributed by atoms with E-state index in [2.05, 4.69) is 41.9 Å². The van der Waals surface area contributed by atoms with E-state index < -0.39 is 89.9 Å². The van der Waals surface area contributed by atoms with Crippen LogP contribution in [0.1, 0.15) is 84.8 Å². The van der Waals surface area contributed by atoms with Crippen LogP contribution in [0.5, 0.6) is 5.75 Å². The number of hydrogen-bond donors (Lipinski definition) is 12. The number of amides is 7. The first-order valence-electron chi connectivity index (χ1n) is 24.1. The van der Waals surface area contributed by atoms with Gasteiger partial charge in [-0.05, 0) is 101 Å². The number of nitrogens with two attached hydrogens (primary N) is 3. The Morgan fingerprint density at radius 2 is 1.44 bits per heavy atom. The fraction of sp³-hybridized carbons (Fsp3) is 0.551. The van der Waals surface area contributed by atoms with Crippen molar-refractivity contribution in [3.05, 3.63) is 65.9 Å². The standard InChI is InChI=1S/C49H74N12O10/c1-7-53-46(69)40-15-11-21-61(40)47(70)35(14-10-20-54-48(51)52)56-42(65)36(22-28(2)3)57-45(68)39(27-71-49(4,5)6)60-43(66)37(23-29-16-18-31(63)19-17-29)58-44(67)38(26-62)59-41(64)33(50)24-30-25-55-34-13-9-8-12-32(30)34/h8-9,12-13,16-19,25,28,33,35-40,55,62-63H,7,10-11,14-15,20-24,26-27,50H2,1-6H3,(H,53,69)(H,56,65)(H,57,68)(H,58,67)(H,59,64)(H,60,66)(H4,51,52,54)/t33-,35-,36-,37-,38-,39+,40-/m0/s1. The van der Waals surface area contributed by atoms with Gasteiger partial charge in [0, 0.05) is 43.2 Å². The molecule has 2 heterocycles. The highest BCUT2D eigenvalue weighted by Crippen LogP contribution is 2.21. The van der Waals surface area contributed by atoms with Crippen molar-refractivity contribution in [2.45, 2.75) is 134 Å². The Hall–Kier alpha value is -6.78. The van der Waals surface area contributed by atoms with Crippen LogP contribution in [0, 0.1) is 5.92 Å². The Morgan fingerprint density at radius 3 is 2.08 bits per heavy atom. The predicted octanol–water partition coefficient (Wildman–Crippen LogP) is -0.556. The van der Waals surface area contributed by atoms with Crippen LogP contribution in [-0.4, -0.2) is 148 Å². The molecular weight excluding hydrogens is 917 g/mol. The largest absolute Gasteiger partial charge is 0.508 e. The number of carbonyl (C=O) groups is 7. The van der Waals surface area contributed by atoms with Crippen LogP contribution in [-0.2, 0) is 51.1 Å². The third-order valence-corrected chi connectivity index (χ3v) is 11.7. The molecule has 1 aliphatic rings. The lowest BCUT2D eigenvalue weighted by molar-refractivity contribution is -0.142. The van der Waals surface area contributed by atoms with Gasteiger partial charge in [0.15, 0.2) is 5.96 Å². The number of guanidine groups is 1. The summed E-state index contributed by atoms with van der Waals surface area (Å²) >= 11 is 0. The van der Waals surface area contributed by atoms with E-state index in [-0.39, 0.29) is 62.4 Å². The molecule has 1 saturated heterocycles. The van der Waals surface area contributed by atoms with Crippen molar-refractivity contribution in [3.8, 4) is 5.75 Å². The molecule has 4 rings (SSSR count). The van der Waals surface area contributed by atoms with Crippen molar-refractivity contribution in [3.63, 3.8) is 0 Å². The normalized spacial score (nSPS) is 16.2. The van der Waals surface area contributed by atoms with Gasteiger partial charge in [0.05, 0.1) is 24.9 Å². The molecule has 7 amide bonds. The number of aliphatic hydroxyl groups is 1. The van der Waals surface area contributed by atoms with Crippen LogP contribution in [0.15, 0.2) is 59.7 Å². The second kappa shape index (κ2) is 27.0. The van der Waals surface area contributed by atoms with Crippen LogP contribution in [0.3, 0.4) is 0 Å². The highest BCUT2D eigenvalue weighted by atomic mass is 16.5. The summed E-state index contributed by atoms with van der Waals surface area (Å²) in [6.07, 6.45) is 3.21. The summed E-state index contributed by atoms with van der Waals surface area (Å²) in [7, 11) is 0. The number of para-hydroxylation sites is 1. The van der Waals surface area contributed by atoms with Gasteiger partial charge in [0.1, 0.15) is 42.0 Å². The van der Waals surface area contributed by atoms with Gasteiger partial charge in [-0.15, -0.1) is 0 Å². The van der Waals surface area contributed by atoms with Crippen molar-refractivity contribution in [1.29, 1.82) is 0 Å². The van der Waals surface area contributed by atoms with Crippen LogP contribution in [0.2, 0.25) is 0 Å². The predicted molar refractivity (Wildman–Crippen MR) is 267 cm³/mol. The van der Waals surface area contributed by atoms with E-state index in [1.54, 1.807) is 33.9 Å². The minimum atomic E-state index is -1.54. The van der Waals surface area contributed by atoms with E-state index in [4.69, 9.17) is 21.9 Å². The highest BCUT2D eigenvalue weighted by Gasteiger charge is 2.39. The van der Waals surface area contributed by atoms with E-state index in [9.17, 15) is 43.8 Å². The summed E-state index contributed by atoms with van der Waals surface area (Å²) in [6, 6.07) is 4.67. The SMILES string of the molecule is CCNC(=O)[C@@H]1CCCN1C(=O)[C@H](CCCN=C(N)N)NC(=O)[C@H](CC(C)C)NC(=O)[C@@H](COC(C)(C)C)NC(=O)[C@H](Cc1ccc(O)cc1)NC(=O)[C@H](CO)NC(=O)[C@@H](N)Cc1c[nH]c2ccccc12. The Labute approximate surface area is 414 Å². The number of aromatic hydroxyl groups is 1. The molecule has 0 aliphatic carbocycles. The molecule has 22 nitrogen and oxygen atoms in total. The number of phenols is 1. The van der Waals surface area contributed by atoms with E-state index >= 15 is 0 Å². The van der Waals surface area contributed by atoms with E-state index in [0.717, 1.165) is 16.5 Å². The third kappa shape index (κ3) is 17.8.